The van der Waals surface area contributed by atoms with Crippen LogP contribution in [0.2, 0.25) is 0 Å². The van der Waals surface area contributed by atoms with Gasteiger partial charge in [0, 0.05) is 24.7 Å². The van der Waals surface area contributed by atoms with E-state index in [0.29, 0.717) is 6.54 Å². The van der Waals surface area contributed by atoms with Gasteiger partial charge < -0.3 is 10.2 Å². The molecule has 2 aliphatic heterocycles. The Balaban J connectivity index is 1.93. The summed E-state index contributed by atoms with van der Waals surface area (Å²) < 4.78 is 0. The van der Waals surface area contributed by atoms with Crippen LogP contribution in [0.3, 0.4) is 0 Å². The Bertz CT molecular complexity index is 248. The summed E-state index contributed by atoms with van der Waals surface area (Å²) in [4.78, 5) is 13.6. The number of hydrogen-bond donors (Lipinski definition) is 1. The first-order valence-corrected chi connectivity index (χ1v) is 4.99. The maximum atomic E-state index is 11.7. The van der Waals surface area contributed by atoms with Gasteiger partial charge in [0.25, 0.3) is 0 Å². The number of hydrogen-bond acceptors (Lipinski definition) is 2. The molecule has 1 fully saturated rings. The zero-order valence-corrected chi connectivity index (χ0v) is 8.18. The lowest BCUT2D eigenvalue weighted by molar-refractivity contribution is -0.136. The highest BCUT2D eigenvalue weighted by Crippen LogP contribution is 2.16. The van der Waals surface area contributed by atoms with Crippen molar-refractivity contribution in [2.75, 3.05) is 26.2 Å². The molecule has 1 saturated heterocycles. The Morgan fingerprint density at radius 2 is 2.38 bits per heavy atom. The molecule has 0 aromatic carbocycles. The van der Waals surface area contributed by atoms with Crippen molar-refractivity contribution in [1.29, 1.82) is 0 Å². The molecule has 1 amide bonds. The first-order chi connectivity index (χ1) is 6.27. The molecule has 0 aliphatic carbocycles. The lowest BCUT2D eigenvalue weighted by Crippen LogP contribution is -2.52. The number of carbonyl (C=O) groups is 1. The summed E-state index contributed by atoms with van der Waals surface area (Å²) in [6.45, 7) is 3.09. The van der Waals surface area contributed by atoms with Gasteiger partial charge in [-0.3, -0.25) is 4.79 Å². The highest BCUT2D eigenvalue weighted by atomic mass is 35.5. The number of rotatable bonds is 1. The minimum Gasteiger partial charge on any atom is -0.337 e. The van der Waals surface area contributed by atoms with E-state index in [2.05, 4.69) is 5.32 Å². The second kappa shape index (κ2) is 3.68. The van der Waals surface area contributed by atoms with Crippen LogP contribution in [0.25, 0.3) is 0 Å². The number of carbonyl (C=O) groups excluding carboxylic acids is 1. The summed E-state index contributed by atoms with van der Waals surface area (Å²) >= 11 is 5.87. The van der Waals surface area contributed by atoms with Gasteiger partial charge in [0.2, 0.25) is 5.91 Å². The zero-order chi connectivity index (χ0) is 9.26. The fraction of sp³-hybridized carbons (Fsp3) is 0.667. The summed E-state index contributed by atoms with van der Waals surface area (Å²) in [7, 11) is 0. The van der Waals surface area contributed by atoms with E-state index in [1.165, 1.54) is 0 Å². The third-order valence-corrected chi connectivity index (χ3v) is 2.82. The Labute approximate surface area is 82.7 Å². The maximum Gasteiger partial charge on any atom is 0.228 e. The van der Waals surface area contributed by atoms with Gasteiger partial charge in [-0.05, 0) is 6.42 Å². The standard InChI is InChI=1S/C9H13ClN2O/c10-8-2-1-3-12(6-8)9(13)7-4-11-5-7/h2,7,11H,1,3-6H2. The van der Waals surface area contributed by atoms with Crippen molar-refractivity contribution in [2.24, 2.45) is 5.92 Å². The fourth-order valence-corrected chi connectivity index (χ4v) is 1.87. The van der Waals surface area contributed by atoms with Gasteiger partial charge in [0.05, 0.1) is 12.5 Å². The van der Waals surface area contributed by atoms with Crippen molar-refractivity contribution >= 4 is 17.5 Å². The Morgan fingerprint density at radius 3 is 2.92 bits per heavy atom. The number of amides is 1. The normalized spacial score (nSPS) is 23.8. The smallest absolute Gasteiger partial charge is 0.228 e. The average molecular weight is 201 g/mol. The van der Waals surface area contributed by atoms with E-state index in [1.807, 2.05) is 11.0 Å². The highest BCUT2D eigenvalue weighted by Gasteiger charge is 2.29. The average Bonchev–Trinajstić information content (AvgIpc) is 2.01. The molecule has 4 heteroatoms. The third-order valence-electron chi connectivity index (χ3n) is 2.55. The molecule has 0 saturated carbocycles. The van der Waals surface area contributed by atoms with E-state index in [9.17, 15) is 4.79 Å². The van der Waals surface area contributed by atoms with Gasteiger partial charge in [-0.25, -0.2) is 0 Å². The molecule has 1 N–H and O–H groups in total. The minimum atomic E-state index is 0.197. The van der Waals surface area contributed by atoms with Crippen LogP contribution in [0.5, 0.6) is 0 Å². The molecule has 3 nitrogen and oxygen atoms in total. The zero-order valence-electron chi connectivity index (χ0n) is 7.42. The van der Waals surface area contributed by atoms with E-state index in [4.69, 9.17) is 11.6 Å². The Hall–Kier alpha value is -0.540. The van der Waals surface area contributed by atoms with E-state index < -0.39 is 0 Å². The van der Waals surface area contributed by atoms with Crippen molar-refractivity contribution in [2.45, 2.75) is 6.42 Å². The van der Waals surface area contributed by atoms with Crippen molar-refractivity contribution in [3.05, 3.63) is 11.1 Å². The molecule has 0 aromatic heterocycles. The molecule has 0 atom stereocenters. The molecule has 2 aliphatic rings. The first-order valence-electron chi connectivity index (χ1n) is 4.61. The summed E-state index contributed by atoms with van der Waals surface area (Å²) in [6.07, 6.45) is 2.88. The fourth-order valence-electron chi connectivity index (χ4n) is 1.61. The predicted octanol–water partition coefficient (Wildman–Crippen LogP) is 0.561. The second-order valence-corrected chi connectivity index (χ2v) is 4.04. The number of nitrogens with zero attached hydrogens (tertiary/aromatic N) is 1. The molecular weight excluding hydrogens is 188 g/mol. The predicted molar refractivity (Wildman–Crippen MR) is 51.5 cm³/mol. The quantitative estimate of drug-likeness (QED) is 0.671. The molecule has 0 aromatic rings. The molecule has 72 valence electrons. The van der Waals surface area contributed by atoms with Crippen molar-refractivity contribution in [1.82, 2.24) is 10.2 Å². The van der Waals surface area contributed by atoms with E-state index >= 15 is 0 Å². The van der Waals surface area contributed by atoms with Crippen LogP contribution in [-0.4, -0.2) is 37.0 Å². The largest absolute Gasteiger partial charge is 0.337 e. The van der Waals surface area contributed by atoms with Gasteiger partial charge in [0.1, 0.15) is 0 Å². The highest BCUT2D eigenvalue weighted by molar-refractivity contribution is 6.30. The van der Waals surface area contributed by atoms with E-state index in [1.54, 1.807) is 0 Å². The van der Waals surface area contributed by atoms with Crippen LogP contribution in [0, 0.1) is 5.92 Å². The van der Waals surface area contributed by atoms with Gasteiger partial charge in [-0.15, -0.1) is 0 Å². The molecule has 0 spiro atoms. The van der Waals surface area contributed by atoms with Crippen LogP contribution in [0.4, 0.5) is 0 Å². The van der Waals surface area contributed by atoms with Crippen LogP contribution >= 0.6 is 11.6 Å². The van der Waals surface area contributed by atoms with Crippen LogP contribution in [0.1, 0.15) is 6.42 Å². The van der Waals surface area contributed by atoms with Gasteiger partial charge in [-0.1, -0.05) is 17.7 Å². The summed E-state index contributed by atoms with van der Waals surface area (Å²) in [5.74, 6) is 0.451. The number of nitrogens with one attached hydrogen (secondary N) is 1. The van der Waals surface area contributed by atoms with Crippen LogP contribution < -0.4 is 5.32 Å². The second-order valence-electron chi connectivity index (χ2n) is 3.55. The first kappa shape index (κ1) is 9.03. The van der Waals surface area contributed by atoms with E-state index in [0.717, 1.165) is 31.1 Å². The lowest BCUT2D eigenvalue weighted by atomic mass is 10.0. The molecule has 0 bridgehead atoms. The summed E-state index contributed by atoms with van der Waals surface area (Å²) in [5.41, 5.74) is 0. The minimum absolute atomic E-state index is 0.197. The van der Waals surface area contributed by atoms with Gasteiger partial charge in [0.15, 0.2) is 0 Å². The van der Waals surface area contributed by atoms with Crippen molar-refractivity contribution in [3.8, 4) is 0 Å². The summed E-state index contributed by atoms with van der Waals surface area (Å²) in [5, 5.41) is 3.90. The lowest BCUT2D eigenvalue weighted by Gasteiger charge is -2.33. The van der Waals surface area contributed by atoms with Gasteiger partial charge >= 0.3 is 0 Å². The third kappa shape index (κ3) is 1.86. The molecule has 2 heterocycles. The topological polar surface area (TPSA) is 32.3 Å². The Kier molecular flexibility index (Phi) is 2.56. The van der Waals surface area contributed by atoms with Crippen molar-refractivity contribution < 1.29 is 4.79 Å². The van der Waals surface area contributed by atoms with Crippen molar-refractivity contribution in [3.63, 3.8) is 0 Å². The molecule has 2 rings (SSSR count). The molecular formula is C9H13ClN2O. The van der Waals surface area contributed by atoms with Crippen LogP contribution in [-0.2, 0) is 4.79 Å². The molecule has 0 unspecified atom stereocenters. The van der Waals surface area contributed by atoms with E-state index in [-0.39, 0.29) is 11.8 Å². The summed E-state index contributed by atoms with van der Waals surface area (Å²) in [6, 6.07) is 0. The Morgan fingerprint density at radius 1 is 1.62 bits per heavy atom. The molecule has 0 radical (unpaired) electrons. The molecule has 13 heavy (non-hydrogen) atoms. The monoisotopic (exact) mass is 200 g/mol. The van der Waals surface area contributed by atoms with Crippen LogP contribution in [0.15, 0.2) is 11.1 Å². The SMILES string of the molecule is O=C(C1CNC1)N1CCC=C(Cl)C1. The maximum absolute atomic E-state index is 11.7. The van der Waals surface area contributed by atoms with Gasteiger partial charge in [-0.2, -0.15) is 0 Å². The number of halogens is 1.